The fraction of sp³-hybridized carbons (Fsp3) is 0.944. The van der Waals surface area contributed by atoms with Crippen LogP contribution in [0.3, 0.4) is 0 Å². The third-order valence-corrected chi connectivity index (χ3v) is 13.7. The molecule has 1 amide bonds. The van der Waals surface area contributed by atoms with Crippen LogP contribution in [0, 0.1) is 0 Å². The number of unbranched alkanes of at least 4 members (excludes halogenated alkanes) is 38. The number of nitrogens with zero attached hydrogens (tertiary/aromatic N) is 1. The maximum absolute atomic E-state index is 12.9. The average molecular weight is 914 g/mol. The number of aliphatic hydroxyl groups excluding tert-OH is 1. The third-order valence-electron chi connectivity index (χ3n) is 12.8. The molecule has 3 atom stereocenters. The van der Waals surface area contributed by atoms with Crippen LogP contribution in [0.5, 0.6) is 0 Å². The Bertz CT molecular complexity index is 1040. The molecule has 3 N–H and O–H groups in total. The number of allylic oxidation sites excluding steroid dienone is 1. The smallest absolute Gasteiger partial charge is 0.387 e. The largest absolute Gasteiger partial charge is 0.472 e. The van der Waals surface area contributed by atoms with E-state index in [4.69, 9.17) is 9.05 Å². The lowest BCUT2D eigenvalue weighted by molar-refractivity contribution is -0.870. The Labute approximate surface area is 392 Å². The lowest BCUT2D eigenvalue weighted by Gasteiger charge is -2.25. The number of nitrogens with one attached hydrogen (secondary N) is 1. The second-order valence-corrected chi connectivity index (χ2v) is 21.8. The molecular weight excluding hydrogens is 804 g/mol. The quantitative estimate of drug-likeness (QED) is 0.0243. The van der Waals surface area contributed by atoms with Crippen molar-refractivity contribution < 1.29 is 32.9 Å². The SMILES string of the molecule is CCCCCCCC/C=C/C(O)C(COP(=O)(O)OCC[N+](C)(C)C)NC(=O)CCCCCCCCCCCCCCCCCCCCCCCCCCCCCCCCCCC. The number of aliphatic hydroxyl groups is 1. The molecule has 376 valence electrons. The van der Waals surface area contributed by atoms with Crippen molar-refractivity contribution in [3.63, 3.8) is 0 Å². The van der Waals surface area contributed by atoms with Gasteiger partial charge in [0.2, 0.25) is 5.91 Å². The van der Waals surface area contributed by atoms with E-state index in [9.17, 15) is 19.4 Å². The number of phosphoric ester groups is 1. The van der Waals surface area contributed by atoms with Crippen LogP contribution in [-0.2, 0) is 18.4 Å². The topological polar surface area (TPSA) is 105 Å². The molecule has 0 radical (unpaired) electrons. The molecule has 0 aromatic carbocycles. The number of likely N-dealkylation sites (N-methyl/N-ethyl adjacent to an activating group) is 1. The molecule has 0 spiro atoms. The summed E-state index contributed by atoms with van der Waals surface area (Å²) in [6, 6.07) is -0.839. The van der Waals surface area contributed by atoms with Crippen molar-refractivity contribution in [3.05, 3.63) is 12.2 Å². The lowest BCUT2D eigenvalue weighted by atomic mass is 10.0. The number of hydrogen-bond acceptors (Lipinski definition) is 5. The summed E-state index contributed by atoms with van der Waals surface area (Å²) in [5.74, 6) is -0.175. The van der Waals surface area contributed by atoms with Crippen LogP contribution in [0.15, 0.2) is 12.2 Å². The van der Waals surface area contributed by atoms with Gasteiger partial charge in [0.15, 0.2) is 0 Å². The Morgan fingerprint density at radius 1 is 0.524 bits per heavy atom. The van der Waals surface area contributed by atoms with E-state index >= 15 is 0 Å². The zero-order chi connectivity index (χ0) is 46.4. The van der Waals surface area contributed by atoms with Gasteiger partial charge in [0.25, 0.3) is 0 Å². The Kier molecular flexibility index (Phi) is 45.8. The Morgan fingerprint density at radius 3 is 1.17 bits per heavy atom. The van der Waals surface area contributed by atoms with Crippen molar-refractivity contribution in [2.75, 3.05) is 40.9 Å². The highest BCUT2D eigenvalue weighted by molar-refractivity contribution is 7.47. The van der Waals surface area contributed by atoms with Crippen LogP contribution in [0.4, 0.5) is 0 Å². The molecule has 3 unspecified atom stereocenters. The van der Waals surface area contributed by atoms with Crippen LogP contribution in [0.2, 0.25) is 0 Å². The first-order valence-electron chi connectivity index (χ1n) is 27.6. The number of hydrogen-bond donors (Lipinski definition) is 3. The summed E-state index contributed by atoms with van der Waals surface area (Å²) in [5.41, 5.74) is 0. The van der Waals surface area contributed by atoms with Crippen molar-refractivity contribution in [2.24, 2.45) is 0 Å². The zero-order valence-corrected chi connectivity index (χ0v) is 43.7. The van der Waals surface area contributed by atoms with Gasteiger partial charge in [-0.25, -0.2) is 4.57 Å². The summed E-state index contributed by atoms with van der Waals surface area (Å²) in [6.07, 6.45) is 56.4. The maximum Gasteiger partial charge on any atom is 0.472 e. The van der Waals surface area contributed by atoms with E-state index in [2.05, 4.69) is 19.2 Å². The highest BCUT2D eigenvalue weighted by atomic mass is 31.2. The van der Waals surface area contributed by atoms with Gasteiger partial charge in [0.05, 0.1) is 39.9 Å². The summed E-state index contributed by atoms with van der Waals surface area (Å²) in [6.45, 7) is 4.80. The van der Waals surface area contributed by atoms with Gasteiger partial charge in [-0.3, -0.25) is 13.8 Å². The monoisotopic (exact) mass is 914 g/mol. The first-order valence-corrected chi connectivity index (χ1v) is 29.1. The van der Waals surface area contributed by atoms with E-state index in [1.54, 1.807) is 6.08 Å². The molecule has 0 bridgehead atoms. The molecule has 9 heteroatoms. The van der Waals surface area contributed by atoms with E-state index in [0.717, 1.165) is 38.5 Å². The summed E-state index contributed by atoms with van der Waals surface area (Å²) >= 11 is 0. The number of carbonyl (C=O) groups excluding carboxylic acids is 1. The van der Waals surface area contributed by atoms with Gasteiger partial charge in [-0.15, -0.1) is 0 Å². The van der Waals surface area contributed by atoms with E-state index in [1.165, 1.54) is 218 Å². The zero-order valence-electron chi connectivity index (χ0n) is 42.8. The van der Waals surface area contributed by atoms with Gasteiger partial charge in [0.1, 0.15) is 13.2 Å². The molecule has 0 aromatic rings. The van der Waals surface area contributed by atoms with Gasteiger partial charge in [-0.2, -0.15) is 0 Å². The summed E-state index contributed by atoms with van der Waals surface area (Å²) in [5, 5.41) is 13.8. The van der Waals surface area contributed by atoms with Crippen LogP contribution in [-0.4, -0.2) is 73.4 Å². The van der Waals surface area contributed by atoms with E-state index in [-0.39, 0.29) is 19.1 Å². The van der Waals surface area contributed by atoms with Gasteiger partial charge in [0, 0.05) is 6.42 Å². The molecule has 0 rings (SSSR count). The predicted molar refractivity (Wildman–Crippen MR) is 272 cm³/mol. The van der Waals surface area contributed by atoms with Crippen LogP contribution in [0.1, 0.15) is 277 Å². The fourth-order valence-corrected chi connectivity index (χ4v) is 9.13. The van der Waals surface area contributed by atoms with Crippen LogP contribution < -0.4 is 5.32 Å². The summed E-state index contributed by atoms with van der Waals surface area (Å²) < 4.78 is 23.5. The number of carbonyl (C=O) groups is 1. The molecule has 0 aromatic heterocycles. The second kappa shape index (κ2) is 46.4. The Morgan fingerprint density at radius 2 is 0.841 bits per heavy atom. The number of amides is 1. The lowest BCUT2D eigenvalue weighted by Crippen LogP contribution is -2.45. The molecular formula is C54H110N2O6P+. The van der Waals surface area contributed by atoms with Crippen LogP contribution >= 0.6 is 7.82 Å². The first kappa shape index (κ1) is 62.2. The normalized spacial score (nSPS) is 14.1. The molecule has 8 nitrogen and oxygen atoms in total. The molecule has 0 fully saturated rings. The van der Waals surface area contributed by atoms with Gasteiger partial charge < -0.3 is 19.8 Å². The maximum atomic E-state index is 12.9. The first-order chi connectivity index (χ1) is 30.5. The Balaban J connectivity index is 3.83. The number of phosphoric acid groups is 1. The van der Waals surface area contributed by atoms with E-state index < -0.39 is 20.0 Å². The van der Waals surface area contributed by atoms with Crippen molar-refractivity contribution in [1.82, 2.24) is 5.32 Å². The highest BCUT2D eigenvalue weighted by Crippen LogP contribution is 2.43. The average Bonchev–Trinajstić information content (AvgIpc) is 3.24. The van der Waals surface area contributed by atoms with Crippen LogP contribution in [0.25, 0.3) is 0 Å². The summed E-state index contributed by atoms with van der Waals surface area (Å²) in [7, 11) is 1.58. The summed E-state index contributed by atoms with van der Waals surface area (Å²) in [4.78, 5) is 23.1. The van der Waals surface area contributed by atoms with Gasteiger partial charge in [-0.05, 0) is 19.3 Å². The molecule has 63 heavy (non-hydrogen) atoms. The Hall–Kier alpha value is -0.760. The third kappa shape index (κ3) is 49.0. The van der Waals surface area contributed by atoms with Crippen molar-refractivity contribution in [1.29, 1.82) is 0 Å². The van der Waals surface area contributed by atoms with E-state index in [0.29, 0.717) is 17.4 Å². The highest BCUT2D eigenvalue weighted by Gasteiger charge is 2.27. The standard InChI is InChI=1S/C54H109N2O6P/c1-6-8-10-12-14-16-17-18-19-20-21-22-23-24-25-26-27-28-29-30-31-32-33-34-35-36-37-38-39-40-42-44-46-48-54(58)55-52(51-62-63(59,60)61-50-49-56(3,4)5)53(57)47-45-43-41-15-13-11-9-7-2/h45,47,52-53,57H,6-44,46,48-51H2,1-5H3,(H-,55,58,59,60)/p+1/b47-45+. The van der Waals surface area contributed by atoms with Crippen molar-refractivity contribution in [3.8, 4) is 0 Å². The number of rotatable bonds is 51. The molecule has 0 heterocycles. The van der Waals surface area contributed by atoms with Gasteiger partial charge in [-0.1, -0.05) is 264 Å². The van der Waals surface area contributed by atoms with Crippen molar-refractivity contribution >= 4 is 13.7 Å². The predicted octanol–water partition coefficient (Wildman–Crippen LogP) is 16.3. The number of quaternary nitrogens is 1. The minimum atomic E-state index is -4.33. The second-order valence-electron chi connectivity index (χ2n) is 20.3. The van der Waals surface area contributed by atoms with Gasteiger partial charge >= 0.3 is 7.82 Å². The molecule has 0 saturated heterocycles. The fourth-order valence-electron chi connectivity index (χ4n) is 8.40. The minimum absolute atomic E-state index is 0.0642. The minimum Gasteiger partial charge on any atom is -0.387 e. The molecule has 0 aliphatic carbocycles. The molecule has 0 aliphatic heterocycles. The van der Waals surface area contributed by atoms with E-state index in [1.807, 2.05) is 27.2 Å². The molecule has 0 saturated carbocycles. The van der Waals surface area contributed by atoms with Crippen molar-refractivity contribution in [2.45, 2.75) is 289 Å². The molecule has 0 aliphatic rings.